The summed E-state index contributed by atoms with van der Waals surface area (Å²) in [5.41, 5.74) is 2.92. The Balaban J connectivity index is 1.80. The van der Waals surface area contributed by atoms with Crippen LogP contribution in [-0.4, -0.2) is 33.4 Å². The number of ether oxygens (including phenoxy) is 1. The lowest BCUT2D eigenvalue weighted by atomic mass is 10.1. The molecule has 6 heteroatoms. The summed E-state index contributed by atoms with van der Waals surface area (Å²) >= 11 is 0. The minimum Gasteiger partial charge on any atom is -0.368 e. The second kappa shape index (κ2) is 6.44. The van der Waals surface area contributed by atoms with Gasteiger partial charge < -0.3 is 10.1 Å². The fourth-order valence-electron chi connectivity index (χ4n) is 3.32. The highest BCUT2D eigenvalue weighted by Gasteiger charge is 2.25. The Morgan fingerprint density at radius 1 is 1.40 bits per heavy atom. The predicted octanol–water partition coefficient (Wildman–Crippen LogP) is 3.42. The molecule has 0 spiro atoms. The van der Waals surface area contributed by atoms with E-state index in [1.807, 2.05) is 10.7 Å². The van der Waals surface area contributed by atoms with E-state index in [2.05, 4.69) is 42.5 Å². The van der Waals surface area contributed by atoms with Crippen molar-refractivity contribution in [3.8, 4) is 0 Å². The van der Waals surface area contributed by atoms with Crippen LogP contribution in [0, 0.1) is 6.92 Å². The first kappa shape index (κ1) is 16.0. The van der Waals surface area contributed by atoms with E-state index >= 15 is 0 Å². The Hall–Kier alpha value is -2.47. The molecule has 1 amide bonds. The summed E-state index contributed by atoms with van der Waals surface area (Å²) in [5.74, 6) is 0.449. The zero-order valence-electron chi connectivity index (χ0n) is 14.6. The van der Waals surface area contributed by atoms with Gasteiger partial charge in [-0.15, -0.1) is 0 Å². The highest BCUT2D eigenvalue weighted by atomic mass is 16.5. The minimum atomic E-state index is -0.373. The maximum Gasteiger partial charge on any atom is 0.254 e. The first-order valence-electron chi connectivity index (χ1n) is 8.86. The van der Waals surface area contributed by atoms with Crippen molar-refractivity contribution in [3.63, 3.8) is 0 Å². The van der Waals surface area contributed by atoms with Gasteiger partial charge in [0.05, 0.1) is 10.9 Å². The number of nitrogens with zero attached hydrogens (tertiary/aromatic N) is 3. The summed E-state index contributed by atoms with van der Waals surface area (Å²) in [7, 11) is 0. The van der Waals surface area contributed by atoms with Crippen LogP contribution in [0.4, 0.5) is 5.82 Å². The van der Waals surface area contributed by atoms with E-state index in [4.69, 9.17) is 9.72 Å². The molecule has 3 heterocycles. The van der Waals surface area contributed by atoms with Crippen LogP contribution in [-0.2, 0) is 16.1 Å². The molecule has 0 aliphatic carbocycles. The van der Waals surface area contributed by atoms with Crippen molar-refractivity contribution in [2.24, 2.45) is 0 Å². The zero-order valence-corrected chi connectivity index (χ0v) is 14.6. The van der Waals surface area contributed by atoms with Crippen LogP contribution in [0.5, 0.6) is 0 Å². The Morgan fingerprint density at radius 2 is 2.28 bits per heavy atom. The van der Waals surface area contributed by atoms with E-state index in [9.17, 15) is 4.79 Å². The number of benzene rings is 1. The van der Waals surface area contributed by atoms with Gasteiger partial charge in [0, 0.05) is 18.5 Å². The van der Waals surface area contributed by atoms with Gasteiger partial charge >= 0.3 is 0 Å². The van der Waals surface area contributed by atoms with Gasteiger partial charge in [-0.25, -0.2) is 9.67 Å². The standard InChI is InChI=1S/C19H22N4O2/c1-3-8-23-18-14(11-13-10-12(2)6-7-15(13)20-18)17(22-23)21-19(24)16-5-4-9-25-16/h6-7,10-11,16H,3-5,8-9H2,1-2H3,(H,21,22,24)/t16-/m0/s1. The molecule has 0 radical (unpaired) electrons. The van der Waals surface area contributed by atoms with E-state index in [1.54, 1.807) is 0 Å². The normalized spacial score (nSPS) is 17.4. The van der Waals surface area contributed by atoms with Crippen LogP contribution in [0.15, 0.2) is 24.3 Å². The Morgan fingerprint density at radius 3 is 3.04 bits per heavy atom. The molecule has 1 N–H and O–H groups in total. The molecule has 1 aromatic carbocycles. The highest BCUT2D eigenvalue weighted by Crippen LogP contribution is 2.27. The van der Waals surface area contributed by atoms with Crippen LogP contribution in [0.3, 0.4) is 0 Å². The maximum atomic E-state index is 12.4. The smallest absolute Gasteiger partial charge is 0.254 e. The summed E-state index contributed by atoms with van der Waals surface area (Å²) in [6, 6.07) is 8.25. The molecular formula is C19H22N4O2. The number of carbonyl (C=O) groups is 1. The molecular weight excluding hydrogens is 316 g/mol. The first-order chi connectivity index (χ1) is 12.2. The van der Waals surface area contributed by atoms with E-state index in [0.29, 0.717) is 12.4 Å². The quantitative estimate of drug-likeness (QED) is 0.791. The molecule has 6 nitrogen and oxygen atoms in total. The molecule has 1 saturated heterocycles. The lowest BCUT2D eigenvalue weighted by molar-refractivity contribution is -0.124. The number of hydrogen-bond acceptors (Lipinski definition) is 4. The summed E-state index contributed by atoms with van der Waals surface area (Å²) in [5, 5.41) is 9.48. The molecule has 3 aromatic rings. The monoisotopic (exact) mass is 338 g/mol. The largest absolute Gasteiger partial charge is 0.368 e. The van der Waals surface area contributed by atoms with Crippen molar-refractivity contribution >= 4 is 33.7 Å². The summed E-state index contributed by atoms with van der Waals surface area (Å²) in [6.45, 7) is 5.57. The molecule has 4 rings (SSSR count). The molecule has 1 atom stereocenters. The third kappa shape index (κ3) is 2.98. The van der Waals surface area contributed by atoms with Gasteiger partial charge in [-0.3, -0.25) is 4.79 Å². The number of hydrogen-bond donors (Lipinski definition) is 1. The van der Waals surface area contributed by atoms with E-state index < -0.39 is 0 Å². The van der Waals surface area contributed by atoms with Gasteiger partial charge in [-0.05, 0) is 44.4 Å². The number of anilines is 1. The number of rotatable bonds is 4. The lowest BCUT2D eigenvalue weighted by Gasteiger charge is -2.08. The number of aryl methyl sites for hydroxylation is 2. The van der Waals surface area contributed by atoms with Crippen molar-refractivity contribution in [3.05, 3.63) is 29.8 Å². The Kier molecular flexibility index (Phi) is 4.13. The number of carbonyl (C=O) groups excluding carboxylic acids is 1. The number of amides is 1. The molecule has 0 saturated carbocycles. The van der Waals surface area contributed by atoms with Crippen molar-refractivity contribution in [1.82, 2.24) is 14.8 Å². The van der Waals surface area contributed by atoms with Gasteiger partial charge in [-0.2, -0.15) is 5.10 Å². The van der Waals surface area contributed by atoms with Crippen LogP contribution >= 0.6 is 0 Å². The maximum absolute atomic E-state index is 12.4. The SMILES string of the molecule is CCCn1nc(NC(=O)[C@@H]2CCCO2)c2cc3cc(C)ccc3nc21. The molecule has 1 fully saturated rings. The van der Waals surface area contributed by atoms with Crippen LogP contribution in [0.25, 0.3) is 21.9 Å². The highest BCUT2D eigenvalue weighted by molar-refractivity contribution is 6.03. The first-order valence-corrected chi connectivity index (χ1v) is 8.86. The van der Waals surface area contributed by atoms with Gasteiger partial charge in [-0.1, -0.05) is 18.6 Å². The van der Waals surface area contributed by atoms with Gasteiger partial charge in [0.1, 0.15) is 6.10 Å². The van der Waals surface area contributed by atoms with Crippen LogP contribution < -0.4 is 5.32 Å². The Bertz CT molecular complexity index is 941. The topological polar surface area (TPSA) is 69.0 Å². The summed E-state index contributed by atoms with van der Waals surface area (Å²) in [4.78, 5) is 17.2. The number of fused-ring (bicyclic) bond motifs is 2. The van der Waals surface area contributed by atoms with Crippen LogP contribution in [0.2, 0.25) is 0 Å². The average Bonchev–Trinajstić information content (AvgIpc) is 3.23. The van der Waals surface area contributed by atoms with Gasteiger partial charge in [0.25, 0.3) is 5.91 Å². The third-order valence-electron chi connectivity index (χ3n) is 4.57. The second-order valence-electron chi connectivity index (χ2n) is 6.62. The number of aromatic nitrogens is 3. The third-order valence-corrected chi connectivity index (χ3v) is 4.57. The van der Waals surface area contributed by atoms with E-state index in [1.165, 1.54) is 5.56 Å². The van der Waals surface area contributed by atoms with Crippen molar-refractivity contribution in [2.75, 3.05) is 11.9 Å². The molecule has 0 unspecified atom stereocenters. The summed E-state index contributed by atoms with van der Waals surface area (Å²) < 4.78 is 7.35. The number of pyridine rings is 1. The molecule has 2 aromatic heterocycles. The van der Waals surface area contributed by atoms with Gasteiger partial charge in [0.2, 0.25) is 0 Å². The van der Waals surface area contributed by atoms with Crippen molar-refractivity contribution in [2.45, 2.75) is 45.8 Å². The number of nitrogens with one attached hydrogen (secondary N) is 1. The van der Waals surface area contributed by atoms with Crippen molar-refractivity contribution in [1.29, 1.82) is 0 Å². The molecule has 0 bridgehead atoms. The molecule has 1 aliphatic rings. The molecule has 130 valence electrons. The fourth-order valence-corrected chi connectivity index (χ4v) is 3.32. The summed E-state index contributed by atoms with van der Waals surface area (Å²) in [6.07, 6.45) is 2.26. The predicted molar refractivity (Wildman–Crippen MR) is 97.7 cm³/mol. The fraction of sp³-hybridized carbons (Fsp3) is 0.421. The molecule has 25 heavy (non-hydrogen) atoms. The van der Waals surface area contributed by atoms with Crippen LogP contribution in [0.1, 0.15) is 31.7 Å². The minimum absolute atomic E-state index is 0.120. The molecule has 1 aliphatic heterocycles. The Labute approximate surface area is 146 Å². The van der Waals surface area contributed by atoms with E-state index in [-0.39, 0.29) is 12.0 Å². The van der Waals surface area contributed by atoms with Gasteiger partial charge in [0.15, 0.2) is 11.5 Å². The van der Waals surface area contributed by atoms with Crippen molar-refractivity contribution < 1.29 is 9.53 Å². The van der Waals surface area contributed by atoms with E-state index in [0.717, 1.165) is 47.7 Å². The second-order valence-corrected chi connectivity index (χ2v) is 6.62. The average molecular weight is 338 g/mol. The zero-order chi connectivity index (χ0) is 17.4. The lowest BCUT2D eigenvalue weighted by Crippen LogP contribution is -2.27.